The Balaban J connectivity index is 1.75. The van der Waals surface area contributed by atoms with Gasteiger partial charge in [-0.3, -0.25) is 4.79 Å². The molecule has 0 aliphatic heterocycles. The largest absolute Gasteiger partial charge is 0.360 e. The summed E-state index contributed by atoms with van der Waals surface area (Å²) in [5, 5.41) is 9.44. The Morgan fingerprint density at radius 3 is 2.84 bits per heavy atom. The molecule has 0 fully saturated rings. The summed E-state index contributed by atoms with van der Waals surface area (Å²) in [7, 11) is 0. The van der Waals surface area contributed by atoms with Gasteiger partial charge in [0.25, 0.3) is 0 Å². The fourth-order valence-corrected chi connectivity index (χ4v) is 1.75. The molecule has 100 valence electrons. The first-order valence-electron chi connectivity index (χ1n) is 6.13. The summed E-state index contributed by atoms with van der Waals surface area (Å²) in [5.41, 5.74) is 2.37. The van der Waals surface area contributed by atoms with Crippen LogP contribution in [0.5, 0.6) is 0 Å². The van der Waals surface area contributed by atoms with Crippen molar-refractivity contribution >= 4 is 11.7 Å². The summed E-state index contributed by atoms with van der Waals surface area (Å²) in [5.74, 6) is 0.976. The monoisotopic (exact) mass is 259 g/mol. The number of carbonyl (C=O) groups excluding carboxylic acids is 1. The van der Waals surface area contributed by atoms with Crippen molar-refractivity contribution in [2.75, 3.05) is 11.9 Å². The fourth-order valence-electron chi connectivity index (χ4n) is 1.75. The van der Waals surface area contributed by atoms with Crippen LogP contribution >= 0.6 is 0 Å². The van der Waals surface area contributed by atoms with E-state index in [9.17, 15) is 4.79 Å². The van der Waals surface area contributed by atoms with Gasteiger partial charge >= 0.3 is 0 Å². The van der Waals surface area contributed by atoms with Crippen LogP contribution in [-0.2, 0) is 11.3 Å². The van der Waals surface area contributed by atoms with Gasteiger partial charge in [0.1, 0.15) is 5.76 Å². The van der Waals surface area contributed by atoms with E-state index in [1.54, 1.807) is 13.0 Å². The van der Waals surface area contributed by atoms with Crippen molar-refractivity contribution in [2.45, 2.75) is 20.4 Å². The Labute approximate surface area is 112 Å². The summed E-state index contributed by atoms with van der Waals surface area (Å²) in [6.07, 6.45) is 0. The van der Waals surface area contributed by atoms with Crippen LogP contribution in [0.4, 0.5) is 5.82 Å². The molecule has 0 atom stereocenters. The van der Waals surface area contributed by atoms with E-state index < -0.39 is 0 Å². The number of hydrogen-bond donors (Lipinski definition) is 2. The molecule has 1 amide bonds. The first-order valence-corrected chi connectivity index (χ1v) is 6.13. The number of carbonyl (C=O) groups is 1. The molecule has 2 aromatic rings. The Morgan fingerprint density at radius 1 is 1.32 bits per heavy atom. The second-order valence-corrected chi connectivity index (χ2v) is 4.46. The number of rotatable bonds is 5. The lowest BCUT2D eigenvalue weighted by Gasteiger charge is -2.05. The second-order valence-electron chi connectivity index (χ2n) is 4.46. The molecule has 0 saturated carbocycles. The molecule has 0 spiro atoms. The van der Waals surface area contributed by atoms with E-state index >= 15 is 0 Å². The average Bonchev–Trinajstić information content (AvgIpc) is 2.75. The van der Waals surface area contributed by atoms with E-state index in [2.05, 4.69) is 21.9 Å². The predicted octanol–water partition coefficient (Wildman–Crippen LogP) is 2.02. The van der Waals surface area contributed by atoms with Gasteiger partial charge in [-0.25, -0.2) is 0 Å². The van der Waals surface area contributed by atoms with Crippen molar-refractivity contribution in [3.63, 3.8) is 0 Å². The highest BCUT2D eigenvalue weighted by Gasteiger charge is 2.05. The Hall–Kier alpha value is -2.14. The number of nitrogens with zero attached hydrogens (tertiary/aromatic N) is 1. The number of amides is 1. The molecule has 0 radical (unpaired) electrons. The zero-order valence-electron chi connectivity index (χ0n) is 11.1. The van der Waals surface area contributed by atoms with Gasteiger partial charge < -0.3 is 15.2 Å². The van der Waals surface area contributed by atoms with Crippen molar-refractivity contribution < 1.29 is 9.32 Å². The van der Waals surface area contributed by atoms with Gasteiger partial charge in [0.05, 0.1) is 6.54 Å². The quantitative estimate of drug-likeness (QED) is 0.862. The lowest BCUT2D eigenvalue weighted by molar-refractivity contribution is -0.115. The first kappa shape index (κ1) is 13.3. The summed E-state index contributed by atoms with van der Waals surface area (Å²) in [6.45, 7) is 4.72. The third kappa shape index (κ3) is 4.22. The molecular formula is C14H17N3O2. The van der Waals surface area contributed by atoms with Crippen molar-refractivity contribution in [3.8, 4) is 0 Å². The minimum absolute atomic E-state index is 0.138. The number of aromatic nitrogens is 1. The molecule has 5 nitrogen and oxygen atoms in total. The fraction of sp³-hybridized carbons (Fsp3) is 0.286. The molecule has 1 aromatic heterocycles. The van der Waals surface area contributed by atoms with Crippen LogP contribution in [0.15, 0.2) is 34.9 Å². The van der Waals surface area contributed by atoms with Crippen LogP contribution in [0.1, 0.15) is 16.9 Å². The van der Waals surface area contributed by atoms with Crippen molar-refractivity contribution in [3.05, 3.63) is 47.2 Å². The highest BCUT2D eigenvalue weighted by Crippen LogP contribution is 2.06. The SMILES string of the molecule is Cc1cccc(CNCC(=O)Nc2cc(C)on2)c1. The highest BCUT2D eigenvalue weighted by atomic mass is 16.5. The van der Waals surface area contributed by atoms with E-state index in [1.807, 2.05) is 25.1 Å². The molecule has 0 unspecified atom stereocenters. The molecule has 2 N–H and O–H groups in total. The van der Waals surface area contributed by atoms with Crippen molar-refractivity contribution in [2.24, 2.45) is 0 Å². The number of benzene rings is 1. The molecule has 0 bridgehead atoms. The molecule has 19 heavy (non-hydrogen) atoms. The smallest absolute Gasteiger partial charge is 0.239 e. The topological polar surface area (TPSA) is 67.2 Å². The summed E-state index contributed by atoms with van der Waals surface area (Å²) >= 11 is 0. The summed E-state index contributed by atoms with van der Waals surface area (Å²) < 4.78 is 4.87. The van der Waals surface area contributed by atoms with E-state index in [4.69, 9.17) is 4.52 Å². The maximum absolute atomic E-state index is 11.6. The highest BCUT2D eigenvalue weighted by molar-refractivity contribution is 5.91. The lowest BCUT2D eigenvalue weighted by atomic mass is 10.1. The van der Waals surface area contributed by atoms with Gasteiger partial charge in [0, 0.05) is 12.6 Å². The summed E-state index contributed by atoms with van der Waals surface area (Å²) in [6, 6.07) is 9.84. The molecule has 5 heteroatoms. The zero-order chi connectivity index (χ0) is 13.7. The Kier molecular flexibility index (Phi) is 4.30. The van der Waals surface area contributed by atoms with Gasteiger partial charge in [-0.2, -0.15) is 0 Å². The van der Waals surface area contributed by atoms with Crippen molar-refractivity contribution in [1.29, 1.82) is 0 Å². The Morgan fingerprint density at radius 2 is 2.16 bits per heavy atom. The minimum atomic E-state index is -0.138. The maximum atomic E-state index is 11.6. The third-order valence-corrected chi connectivity index (χ3v) is 2.59. The van der Waals surface area contributed by atoms with E-state index in [0.717, 1.165) is 5.56 Å². The number of aryl methyl sites for hydroxylation is 2. The van der Waals surface area contributed by atoms with Crippen LogP contribution < -0.4 is 10.6 Å². The number of nitrogens with one attached hydrogen (secondary N) is 2. The normalized spacial score (nSPS) is 10.4. The molecule has 1 aromatic carbocycles. The molecule has 0 saturated heterocycles. The van der Waals surface area contributed by atoms with Gasteiger partial charge in [-0.05, 0) is 19.4 Å². The molecular weight excluding hydrogens is 242 g/mol. The van der Waals surface area contributed by atoms with E-state index in [0.29, 0.717) is 18.1 Å². The van der Waals surface area contributed by atoms with E-state index in [1.165, 1.54) is 5.56 Å². The maximum Gasteiger partial charge on any atom is 0.239 e. The van der Waals surface area contributed by atoms with Crippen LogP contribution in [0.2, 0.25) is 0 Å². The molecule has 1 heterocycles. The number of anilines is 1. The Bertz CT molecular complexity index is 563. The third-order valence-electron chi connectivity index (χ3n) is 2.59. The van der Waals surface area contributed by atoms with E-state index in [-0.39, 0.29) is 12.5 Å². The zero-order valence-corrected chi connectivity index (χ0v) is 11.1. The van der Waals surface area contributed by atoms with Gasteiger partial charge in [0.15, 0.2) is 5.82 Å². The predicted molar refractivity (Wildman–Crippen MR) is 72.8 cm³/mol. The summed E-state index contributed by atoms with van der Waals surface area (Å²) in [4.78, 5) is 11.6. The molecule has 0 aliphatic rings. The van der Waals surface area contributed by atoms with Crippen LogP contribution in [0, 0.1) is 13.8 Å². The van der Waals surface area contributed by atoms with Gasteiger partial charge in [-0.1, -0.05) is 35.0 Å². The number of hydrogen-bond acceptors (Lipinski definition) is 4. The molecule has 2 rings (SSSR count). The lowest BCUT2D eigenvalue weighted by Crippen LogP contribution is -2.27. The standard InChI is InChI=1S/C14H17N3O2/c1-10-4-3-5-12(6-10)8-15-9-14(18)16-13-7-11(2)19-17-13/h3-7,15H,8-9H2,1-2H3,(H,16,17,18). The van der Waals surface area contributed by atoms with Gasteiger partial charge in [0.2, 0.25) is 5.91 Å². The second kappa shape index (κ2) is 6.15. The van der Waals surface area contributed by atoms with Crippen molar-refractivity contribution in [1.82, 2.24) is 10.5 Å². The molecule has 0 aliphatic carbocycles. The van der Waals surface area contributed by atoms with Gasteiger partial charge in [-0.15, -0.1) is 0 Å². The van der Waals surface area contributed by atoms with Crippen LogP contribution in [-0.4, -0.2) is 17.6 Å². The van der Waals surface area contributed by atoms with Crippen LogP contribution in [0.3, 0.4) is 0 Å². The first-order chi connectivity index (χ1) is 9.13. The average molecular weight is 259 g/mol. The minimum Gasteiger partial charge on any atom is -0.360 e. The van der Waals surface area contributed by atoms with Crippen LogP contribution in [0.25, 0.3) is 0 Å².